The summed E-state index contributed by atoms with van der Waals surface area (Å²) in [5.41, 5.74) is 0. The molecule has 0 bridgehead atoms. The van der Waals surface area contributed by atoms with Gasteiger partial charge >= 0.3 is 12.0 Å². The fourth-order valence-electron chi connectivity index (χ4n) is 2.60. The maximum atomic E-state index is 12.6. The van der Waals surface area contributed by atoms with Crippen molar-refractivity contribution in [2.24, 2.45) is 0 Å². The Hall–Kier alpha value is -0.560. The zero-order chi connectivity index (χ0) is 14.5. The van der Waals surface area contributed by atoms with Crippen molar-refractivity contribution in [1.82, 2.24) is 9.80 Å². The molecule has 114 valence electrons. The van der Waals surface area contributed by atoms with E-state index in [0.29, 0.717) is 11.8 Å². The van der Waals surface area contributed by atoms with Gasteiger partial charge in [-0.2, -0.15) is 23.5 Å². The van der Waals surface area contributed by atoms with Gasteiger partial charge in [0.15, 0.2) is 0 Å². The zero-order valence-electron chi connectivity index (χ0n) is 11.8. The summed E-state index contributed by atoms with van der Waals surface area (Å²) in [5.74, 6) is 1.80. The molecule has 2 heterocycles. The Morgan fingerprint density at radius 2 is 2.10 bits per heavy atom. The lowest BCUT2D eigenvalue weighted by molar-refractivity contribution is -0.138. The normalized spacial score (nSPS) is 27.4. The van der Waals surface area contributed by atoms with Gasteiger partial charge in [-0.3, -0.25) is 4.79 Å². The van der Waals surface area contributed by atoms with Gasteiger partial charge < -0.3 is 14.9 Å². The molecule has 2 rings (SSSR count). The van der Waals surface area contributed by atoms with E-state index in [-0.39, 0.29) is 18.5 Å². The Morgan fingerprint density at radius 1 is 1.30 bits per heavy atom. The molecule has 20 heavy (non-hydrogen) atoms. The highest BCUT2D eigenvalue weighted by molar-refractivity contribution is 8.00. The van der Waals surface area contributed by atoms with Crippen molar-refractivity contribution in [3.63, 3.8) is 0 Å². The first-order valence-electron chi connectivity index (χ1n) is 7.08. The quantitative estimate of drug-likeness (QED) is 0.860. The molecule has 2 atom stereocenters. The zero-order valence-corrected chi connectivity index (χ0v) is 13.4. The lowest BCUT2D eigenvalue weighted by Gasteiger charge is -2.40. The maximum absolute atomic E-state index is 12.6. The van der Waals surface area contributed by atoms with Gasteiger partial charge in [-0.25, -0.2) is 4.79 Å². The Labute approximate surface area is 128 Å². The van der Waals surface area contributed by atoms with Gasteiger partial charge in [0.2, 0.25) is 0 Å². The number of carboxylic acids is 1. The Kier molecular flexibility index (Phi) is 5.89. The van der Waals surface area contributed by atoms with E-state index in [2.05, 4.69) is 6.92 Å². The molecule has 2 aliphatic rings. The van der Waals surface area contributed by atoms with Crippen LogP contribution in [0.4, 0.5) is 4.79 Å². The van der Waals surface area contributed by atoms with Crippen molar-refractivity contribution in [1.29, 1.82) is 0 Å². The summed E-state index contributed by atoms with van der Waals surface area (Å²) in [6, 6.07) is -0.122. The van der Waals surface area contributed by atoms with Crippen molar-refractivity contribution in [2.75, 3.05) is 36.9 Å². The SMILES string of the molecule is CCC1CN(C(=O)N2CCSCC2CC(=O)O)CCS1. The number of amides is 2. The summed E-state index contributed by atoms with van der Waals surface area (Å²) in [6.07, 6.45) is 1.13. The van der Waals surface area contributed by atoms with Gasteiger partial charge in [0.05, 0.1) is 12.5 Å². The van der Waals surface area contributed by atoms with E-state index in [1.54, 1.807) is 16.7 Å². The lowest BCUT2D eigenvalue weighted by Crippen LogP contribution is -2.55. The van der Waals surface area contributed by atoms with E-state index in [9.17, 15) is 9.59 Å². The summed E-state index contributed by atoms with van der Waals surface area (Å²) in [7, 11) is 0. The van der Waals surface area contributed by atoms with E-state index in [1.807, 2.05) is 16.7 Å². The molecule has 2 saturated heterocycles. The fraction of sp³-hybridized carbons (Fsp3) is 0.846. The summed E-state index contributed by atoms with van der Waals surface area (Å²) in [6.45, 7) is 4.39. The van der Waals surface area contributed by atoms with Crippen LogP contribution >= 0.6 is 23.5 Å². The highest BCUT2D eigenvalue weighted by Crippen LogP contribution is 2.25. The lowest BCUT2D eigenvalue weighted by atomic mass is 10.2. The molecule has 5 nitrogen and oxygen atoms in total. The second-order valence-corrected chi connectivity index (χ2v) is 7.71. The van der Waals surface area contributed by atoms with Crippen LogP contribution in [-0.2, 0) is 4.79 Å². The van der Waals surface area contributed by atoms with E-state index >= 15 is 0 Å². The summed E-state index contributed by atoms with van der Waals surface area (Å²) in [4.78, 5) is 27.3. The predicted octanol–water partition coefficient (Wildman–Crippen LogP) is 1.83. The van der Waals surface area contributed by atoms with Crippen molar-refractivity contribution in [3.05, 3.63) is 0 Å². The third-order valence-electron chi connectivity index (χ3n) is 3.75. The Morgan fingerprint density at radius 3 is 2.80 bits per heavy atom. The number of hydrogen-bond donors (Lipinski definition) is 1. The molecule has 2 fully saturated rings. The van der Waals surface area contributed by atoms with Crippen LogP contribution < -0.4 is 0 Å². The first-order valence-corrected chi connectivity index (χ1v) is 9.28. The number of carbonyl (C=O) groups is 2. The minimum atomic E-state index is -0.823. The number of carboxylic acid groups (broad SMARTS) is 1. The molecule has 2 amide bonds. The van der Waals surface area contributed by atoms with E-state index < -0.39 is 5.97 Å². The van der Waals surface area contributed by atoms with Crippen LogP contribution in [0.3, 0.4) is 0 Å². The molecule has 0 saturated carbocycles. The van der Waals surface area contributed by atoms with Gasteiger partial charge in [0.1, 0.15) is 0 Å². The van der Waals surface area contributed by atoms with Crippen LogP contribution in [0.1, 0.15) is 19.8 Å². The molecule has 0 radical (unpaired) electrons. The number of nitrogens with zero attached hydrogens (tertiary/aromatic N) is 2. The van der Waals surface area contributed by atoms with Crippen molar-refractivity contribution < 1.29 is 14.7 Å². The molecule has 0 aromatic rings. The predicted molar refractivity (Wildman–Crippen MR) is 83.6 cm³/mol. The number of aliphatic carboxylic acids is 1. The first kappa shape index (κ1) is 15.8. The second kappa shape index (κ2) is 7.45. The monoisotopic (exact) mass is 318 g/mol. The van der Waals surface area contributed by atoms with E-state index in [0.717, 1.165) is 36.8 Å². The van der Waals surface area contributed by atoms with Gasteiger partial charge in [0.25, 0.3) is 0 Å². The van der Waals surface area contributed by atoms with Crippen LogP contribution in [0.15, 0.2) is 0 Å². The van der Waals surface area contributed by atoms with Crippen LogP contribution in [0, 0.1) is 0 Å². The summed E-state index contributed by atoms with van der Waals surface area (Å²) < 4.78 is 0. The smallest absolute Gasteiger partial charge is 0.320 e. The number of carbonyl (C=O) groups excluding carboxylic acids is 1. The molecule has 1 N–H and O–H groups in total. The van der Waals surface area contributed by atoms with E-state index in [1.165, 1.54) is 0 Å². The summed E-state index contributed by atoms with van der Waals surface area (Å²) >= 11 is 3.67. The highest BCUT2D eigenvalue weighted by atomic mass is 32.2. The van der Waals surface area contributed by atoms with E-state index in [4.69, 9.17) is 5.11 Å². The van der Waals surface area contributed by atoms with Gasteiger partial charge in [-0.15, -0.1) is 0 Å². The molecule has 7 heteroatoms. The van der Waals surface area contributed by atoms with Crippen LogP contribution in [0.2, 0.25) is 0 Å². The number of rotatable bonds is 3. The van der Waals surface area contributed by atoms with Crippen molar-refractivity contribution >= 4 is 35.5 Å². The molecule has 0 aromatic heterocycles. The second-order valence-electron chi connectivity index (χ2n) is 5.15. The standard InChI is InChI=1S/C13H22N2O3S2/c1-2-11-8-14(3-6-20-11)13(18)15-4-5-19-9-10(15)7-12(16)17/h10-11H,2-9H2,1H3,(H,16,17). The average Bonchev–Trinajstić information content (AvgIpc) is 2.46. The first-order chi connectivity index (χ1) is 9.61. The molecule has 2 unspecified atom stereocenters. The fourth-order valence-corrected chi connectivity index (χ4v) is 4.84. The topological polar surface area (TPSA) is 60.9 Å². The highest BCUT2D eigenvalue weighted by Gasteiger charge is 2.33. The summed E-state index contributed by atoms with van der Waals surface area (Å²) in [5, 5.41) is 9.51. The van der Waals surface area contributed by atoms with Gasteiger partial charge in [0, 0.05) is 42.1 Å². The number of urea groups is 1. The third-order valence-corrected chi connectivity index (χ3v) is 6.21. The Bertz CT molecular complexity index is 368. The average molecular weight is 318 g/mol. The number of thioether (sulfide) groups is 2. The maximum Gasteiger partial charge on any atom is 0.320 e. The van der Waals surface area contributed by atoms with Crippen molar-refractivity contribution in [3.8, 4) is 0 Å². The molecule has 0 aromatic carbocycles. The van der Waals surface area contributed by atoms with Crippen LogP contribution in [0.25, 0.3) is 0 Å². The molecule has 2 aliphatic heterocycles. The minimum absolute atomic E-state index is 0.0373. The van der Waals surface area contributed by atoms with Gasteiger partial charge in [-0.1, -0.05) is 6.92 Å². The van der Waals surface area contributed by atoms with Crippen LogP contribution in [0.5, 0.6) is 0 Å². The number of hydrogen-bond acceptors (Lipinski definition) is 4. The molecular weight excluding hydrogens is 296 g/mol. The van der Waals surface area contributed by atoms with Crippen molar-refractivity contribution in [2.45, 2.75) is 31.1 Å². The van der Waals surface area contributed by atoms with Gasteiger partial charge in [-0.05, 0) is 6.42 Å². The molecular formula is C13H22N2O3S2. The largest absolute Gasteiger partial charge is 0.481 e. The molecule has 0 spiro atoms. The van der Waals surface area contributed by atoms with Crippen LogP contribution in [-0.4, -0.2) is 75.1 Å². The molecule has 0 aliphatic carbocycles. The minimum Gasteiger partial charge on any atom is -0.481 e. The third kappa shape index (κ3) is 3.97. The Balaban J connectivity index is 1.99.